The van der Waals surface area contributed by atoms with Crippen LogP contribution >= 0.6 is 23.2 Å². The van der Waals surface area contributed by atoms with E-state index in [-0.39, 0.29) is 22.6 Å². The normalized spacial score (nSPS) is 19.4. The van der Waals surface area contributed by atoms with E-state index in [1.807, 2.05) is 6.07 Å². The highest BCUT2D eigenvalue weighted by atomic mass is 35.5. The van der Waals surface area contributed by atoms with E-state index in [4.69, 9.17) is 33.2 Å². The zero-order valence-corrected chi connectivity index (χ0v) is 10.8. The summed E-state index contributed by atoms with van der Waals surface area (Å²) in [7, 11) is 0. The van der Waals surface area contributed by atoms with Gasteiger partial charge in [-0.2, -0.15) is 5.26 Å². The number of ether oxygens (including phenoxy) is 1. The Labute approximate surface area is 114 Å². The maximum atomic E-state index is 12.1. The molecule has 7 heteroatoms. The summed E-state index contributed by atoms with van der Waals surface area (Å²) in [5, 5.41) is 9.16. The Hall–Kier alpha value is -1.35. The van der Waals surface area contributed by atoms with Crippen molar-refractivity contribution >= 4 is 29.1 Å². The molecule has 1 saturated heterocycles. The van der Waals surface area contributed by atoms with Crippen LogP contribution in [0.3, 0.4) is 0 Å². The molecule has 0 aromatic carbocycles. The molecule has 1 aliphatic rings. The molecule has 0 spiro atoms. The van der Waals surface area contributed by atoms with Gasteiger partial charge in [-0.25, -0.2) is 4.98 Å². The first-order valence-electron chi connectivity index (χ1n) is 5.23. The van der Waals surface area contributed by atoms with E-state index in [2.05, 4.69) is 4.98 Å². The van der Waals surface area contributed by atoms with Gasteiger partial charge >= 0.3 is 0 Å². The number of nitrogens with zero attached hydrogens (tertiary/aromatic N) is 3. The monoisotopic (exact) mass is 285 g/mol. The third-order valence-corrected chi connectivity index (χ3v) is 3.23. The maximum absolute atomic E-state index is 12.1. The number of nitriles is 1. The van der Waals surface area contributed by atoms with Crippen LogP contribution in [0, 0.1) is 11.3 Å². The number of carbonyl (C=O) groups excluding carboxylic acids is 1. The van der Waals surface area contributed by atoms with Gasteiger partial charge in [-0.1, -0.05) is 23.2 Å². The van der Waals surface area contributed by atoms with E-state index < -0.39 is 6.10 Å². The Kier molecular flexibility index (Phi) is 4.02. The van der Waals surface area contributed by atoms with Crippen molar-refractivity contribution in [3.63, 3.8) is 0 Å². The molecule has 1 atom stereocenters. The van der Waals surface area contributed by atoms with Gasteiger partial charge in [0.05, 0.1) is 29.8 Å². The van der Waals surface area contributed by atoms with E-state index in [1.165, 1.54) is 12.3 Å². The first-order chi connectivity index (χ1) is 8.61. The maximum Gasteiger partial charge on any atom is 0.255 e. The fourth-order valence-corrected chi connectivity index (χ4v) is 1.90. The van der Waals surface area contributed by atoms with E-state index in [0.29, 0.717) is 18.7 Å². The Morgan fingerprint density at radius 3 is 3.06 bits per heavy atom. The molecule has 0 bridgehead atoms. The Morgan fingerprint density at radius 1 is 1.61 bits per heavy atom. The fourth-order valence-electron chi connectivity index (χ4n) is 1.63. The number of morpholine rings is 1. The van der Waals surface area contributed by atoms with Crippen molar-refractivity contribution in [2.45, 2.75) is 6.10 Å². The molecule has 0 aliphatic carbocycles. The average Bonchev–Trinajstić information content (AvgIpc) is 2.41. The van der Waals surface area contributed by atoms with Crippen LogP contribution in [0.5, 0.6) is 0 Å². The topological polar surface area (TPSA) is 66.2 Å². The molecule has 1 aromatic heterocycles. The van der Waals surface area contributed by atoms with Crippen LogP contribution in [0.1, 0.15) is 10.4 Å². The summed E-state index contributed by atoms with van der Waals surface area (Å²) in [6.45, 7) is 1.03. The van der Waals surface area contributed by atoms with Gasteiger partial charge in [-0.3, -0.25) is 4.79 Å². The summed E-state index contributed by atoms with van der Waals surface area (Å²) in [5.41, 5.74) is 0.350. The molecule has 1 unspecified atom stereocenters. The molecule has 1 fully saturated rings. The van der Waals surface area contributed by atoms with Crippen LogP contribution in [-0.4, -0.2) is 41.6 Å². The number of hydrogen-bond donors (Lipinski definition) is 0. The quantitative estimate of drug-likeness (QED) is 0.738. The van der Waals surface area contributed by atoms with Crippen LogP contribution in [0.25, 0.3) is 0 Å². The molecular formula is C11H9Cl2N3O2. The molecule has 0 radical (unpaired) electrons. The minimum absolute atomic E-state index is 0.157. The van der Waals surface area contributed by atoms with Gasteiger partial charge < -0.3 is 9.64 Å². The van der Waals surface area contributed by atoms with E-state index >= 15 is 0 Å². The van der Waals surface area contributed by atoms with E-state index in [0.717, 1.165) is 0 Å². The summed E-state index contributed by atoms with van der Waals surface area (Å²) in [6, 6.07) is 3.45. The third kappa shape index (κ3) is 2.72. The lowest BCUT2D eigenvalue weighted by molar-refractivity contribution is 0.00345. The summed E-state index contributed by atoms with van der Waals surface area (Å²) in [4.78, 5) is 17.5. The molecule has 0 saturated carbocycles. The highest BCUT2D eigenvalue weighted by Gasteiger charge is 2.25. The van der Waals surface area contributed by atoms with Crippen molar-refractivity contribution in [3.8, 4) is 6.07 Å². The average molecular weight is 286 g/mol. The van der Waals surface area contributed by atoms with E-state index in [1.54, 1.807) is 4.90 Å². The molecule has 2 heterocycles. The van der Waals surface area contributed by atoms with Gasteiger partial charge in [0.15, 0.2) is 6.10 Å². The second-order valence-electron chi connectivity index (χ2n) is 3.74. The summed E-state index contributed by atoms with van der Waals surface area (Å²) in [5.74, 6) is -0.232. The lowest BCUT2D eigenvalue weighted by atomic mass is 10.2. The van der Waals surface area contributed by atoms with Crippen molar-refractivity contribution in [2.24, 2.45) is 0 Å². The molecule has 18 heavy (non-hydrogen) atoms. The zero-order valence-electron chi connectivity index (χ0n) is 9.27. The van der Waals surface area contributed by atoms with Crippen LogP contribution in [-0.2, 0) is 4.74 Å². The number of aromatic nitrogens is 1. The van der Waals surface area contributed by atoms with Crippen LogP contribution in [0.4, 0.5) is 0 Å². The molecule has 94 valence electrons. The molecule has 2 rings (SSSR count). The number of rotatable bonds is 1. The van der Waals surface area contributed by atoms with Gasteiger partial charge in [0.2, 0.25) is 0 Å². The van der Waals surface area contributed by atoms with Crippen molar-refractivity contribution in [2.75, 3.05) is 19.7 Å². The lowest BCUT2D eigenvalue weighted by Crippen LogP contribution is -2.45. The number of hydrogen-bond acceptors (Lipinski definition) is 4. The van der Waals surface area contributed by atoms with Crippen molar-refractivity contribution in [3.05, 3.63) is 28.0 Å². The third-order valence-electron chi connectivity index (χ3n) is 2.54. The van der Waals surface area contributed by atoms with Gasteiger partial charge in [0.1, 0.15) is 5.15 Å². The Bertz CT molecular complexity index is 516. The largest absolute Gasteiger partial charge is 0.360 e. The molecule has 1 aliphatic heterocycles. The first kappa shape index (κ1) is 13.1. The smallest absolute Gasteiger partial charge is 0.255 e. The number of carbonyl (C=O) groups is 1. The van der Waals surface area contributed by atoms with Crippen molar-refractivity contribution < 1.29 is 9.53 Å². The second kappa shape index (κ2) is 5.53. The fraction of sp³-hybridized carbons (Fsp3) is 0.364. The Balaban J connectivity index is 2.15. The predicted octanol–water partition coefficient (Wildman–Crippen LogP) is 1.75. The minimum atomic E-state index is -0.585. The lowest BCUT2D eigenvalue weighted by Gasteiger charge is -2.29. The number of pyridine rings is 1. The van der Waals surface area contributed by atoms with Gasteiger partial charge in [-0.15, -0.1) is 0 Å². The SMILES string of the molecule is N#CC1CN(C(=O)c2cnc(Cl)c(Cl)c2)CCO1. The number of halogens is 2. The molecule has 0 N–H and O–H groups in total. The van der Waals surface area contributed by atoms with Crippen LogP contribution < -0.4 is 0 Å². The molecule has 1 amide bonds. The predicted molar refractivity (Wildman–Crippen MR) is 65.5 cm³/mol. The number of amides is 1. The molecule has 5 nitrogen and oxygen atoms in total. The summed E-state index contributed by atoms with van der Waals surface area (Å²) < 4.78 is 5.17. The summed E-state index contributed by atoms with van der Waals surface area (Å²) in [6.07, 6.45) is 0.784. The van der Waals surface area contributed by atoms with Crippen LogP contribution in [0.2, 0.25) is 10.2 Å². The van der Waals surface area contributed by atoms with Gasteiger partial charge in [0.25, 0.3) is 5.91 Å². The highest BCUT2D eigenvalue weighted by molar-refractivity contribution is 6.41. The van der Waals surface area contributed by atoms with E-state index in [9.17, 15) is 4.79 Å². The summed E-state index contributed by atoms with van der Waals surface area (Å²) >= 11 is 11.5. The second-order valence-corrected chi connectivity index (χ2v) is 4.50. The standard InChI is InChI=1S/C11H9Cl2N3O2/c12-9-3-7(5-15-10(9)13)11(17)16-1-2-18-8(4-14)6-16/h3,5,8H,1-2,6H2. The zero-order chi connectivity index (χ0) is 13.1. The molecular weight excluding hydrogens is 277 g/mol. The minimum Gasteiger partial charge on any atom is -0.360 e. The highest BCUT2D eigenvalue weighted by Crippen LogP contribution is 2.21. The molecule has 1 aromatic rings. The van der Waals surface area contributed by atoms with Crippen molar-refractivity contribution in [1.82, 2.24) is 9.88 Å². The van der Waals surface area contributed by atoms with Crippen LogP contribution in [0.15, 0.2) is 12.3 Å². The van der Waals surface area contributed by atoms with Gasteiger partial charge in [0, 0.05) is 12.7 Å². The van der Waals surface area contributed by atoms with Crippen molar-refractivity contribution in [1.29, 1.82) is 5.26 Å². The Morgan fingerprint density at radius 2 is 2.39 bits per heavy atom. The first-order valence-corrected chi connectivity index (χ1v) is 5.99. The van der Waals surface area contributed by atoms with Gasteiger partial charge in [-0.05, 0) is 6.07 Å².